The fraction of sp³-hybridized carbons (Fsp3) is 0.600. The molecule has 1 saturated heterocycles. The van der Waals surface area contributed by atoms with Crippen LogP contribution in [0.4, 0.5) is 0 Å². The number of aliphatic imine (C=N–C) groups is 1. The van der Waals surface area contributed by atoms with Crippen molar-refractivity contribution in [2.75, 3.05) is 20.1 Å². The molecule has 0 aliphatic carbocycles. The molecule has 2 aromatic rings. The zero-order valence-corrected chi connectivity index (χ0v) is 14.2. The highest BCUT2D eigenvalue weighted by Gasteiger charge is 2.27. The van der Waals surface area contributed by atoms with Gasteiger partial charge in [-0.05, 0) is 18.9 Å². The summed E-state index contributed by atoms with van der Waals surface area (Å²) in [6, 6.07) is 0. The quantitative estimate of drug-likeness (QED) is 0.656. The van der Waals surface area contributed by atoms with Crippen LogP contribution in [0.25, 0.3) is 0 Å². The molecule has 0 aromatic carbocycles. The molecule has 8 nitrogen and oxygen atoms in total. The second-order valence-corrected chi connectivity index (χ2v) is 6.00. The number of aromatic nitrogens is 5. The summed E-state index contributed by atoms with van der Waals surface area (Å²) in [6.45, 7) is 4.53. The molecule has 0 saturated carbocycles. The Morgan fingerprint density at radius 2 is 2.22 bits per heavy atom. The molecule has 8 heteroatoms. The van der Waals surface area contributed by atoms with Crippen LogP contribution in [0.1, 0.15) is 29.6 Å². The van der Waals surface area contributed by atoms with Crippen molar-refractivity contribution in [2.45, 2.75) is 25.8 Å². The first-order valence-corrected chi connectivity index (χ1v) is 7.87. The maximum Gasteiger partial charge on any atom is 0.194 e. The molecule has 1 fully saturated rings. The van der Waals surface area contributed by atoms with Crippen molar-refractivity contribution in [2.24, 2.45) is 19.1 Å². The summed E-state index contributed by atoms with van der Waals surface area (Å²) in [4.78, 5) is 6.70. The van der Waals surface area contributed by atoms with Gasteiger partial charge in [-0.1, -0.05) is 0 Å². The van der Waals surface area contributed by atoms with E-state index in [0.29, 0.717) is 12.5 Å². The molecular weight excluding hydrogens is 292 g/mol. The van der Waals surface area contributed by atoms with E-state index < -0.39 is 0 Å². The van der Waals surface area contributed by atoms with Gasteiger partial charge >= 0.3 is 0 Å². The molecule has 0 bridgehead atoms. The minimum absolute atomic E-state index is 0.513. The first-order chi connectivity index (χ1) is 11.1. The number of guanidine groups is 1. The first-order valence-electron chi connectivity index (χ1n) is 7.87. The number of rotatable bonds is 3. The van der Waals surface area contributed by atoms with Crippen LogP contribution in [0.15, 0.2) is 17.4 Å². The molecule has 1 atom stereocenters. The number of hydrogen-bond donors (Lipinski definition) is 1. The molecule has 1 aliphatic rings. The van der Waals surface area contributed by atoms with Gasteiger partial charge < -0.3 is 14.8 Å². The largest absolute Gasteiger partial charge is 0.349 e. The highest BCUT2D eigenvalue weighted by atomic mass is 15.3. The van der Waals surface area contributed by atoms with Gasteiger partial charge in [0.15, 0.2) is 11.8 Å². The normalized spacial score (nSPS) is 18.7. The molecule has 3 heterocycles. The van der Waals surface area contributed by atoms with Crippen LogP contribution in [-0.2, 0) is 20.6 Å². The first kappa shape index (κ1) is 15.5. The summed E-state index contributed by atoms with van der Waals surface area (Å²) >= 11 is 0. The van der Waals surface area contributed by atoms with Gasteiger partial charge in [0, 0.05) is 46.3 Å². The third kappa shape index (κ3) is 3.20. The number of nitrogens with one attached hydrogen (secondary N) is 1. The minimum Gasteiger partial charge on any atom is -0.349 e. The van der Waals surface area contributed by atoms with E-state index in [4.69, 9.17) is 0 Å². The topological polar surface area (TPSA) is 76.2 Å². The Morgan fingerprint density at radius 3 is 2.83 bits per heavy atom. The van der Waals surface area contributed by atoms with E-state index in [1.165, 1.54) is 5.56 Å². The van der Waals surface area contributed by atoms with Gasteiger partial charge in [0.05, 0.1) is 12.7 Å². The zero-order valence-electron chi connectivity index (χ0n) is 14.2. The summed E-state index contributed by atoms with van der Waals surface area (Å²) < 4.78 is 3.85. The number of hydrogen-bond acceptors (Lipinski definition) is 4. The third-order valence-corrected chi connectivity index (χ3v) is 4.48. The van der Waals surface area contributed by atoms with E-state index in [9.17, 15) is 0 Å². The van der Waals surface area contributed by atoms with E-state index >= 15 is 0 Å². The predicted molar refractivity (Wildman–Crippen MR) is 88.1 cm³/mol. The summed E-state index contributed by atoms with van der Waals surface area (Å²) in [6.07, 6.45) is 5.19. The van der Waals surface area contributed by atoms with Crippen molar-refractivity contribution < 1.29 is 0 Å². The minimum atomic E-state index is 0.513. The van der Waals surface area contributed by atoms with Gasteiger partial charge in [-0.3, -0.25) is 9.67 Å². The fourth-order valence-corrected chi connectivity index (χ4v) is 2.97. The second kappa shape index (κ2) is 6.39. The molecule has 0 radical (unpaired) electrons. The van der Waals surface area contributed by atoms with Gasteiger partial charge in [-0.25, -0.2) is 0 Å². The van der Waals surface area contributed by atoms with Gasteiger partial charge in [-0.2, -0.15) is 5.10 Å². The van der Waals surface area contributed by atoms with Crippen molar-refractivity contribution >= 4 is 5.96 Å². The van der Waals surface area contributed by atoms with Crippen LogP contribution >= 0.6 is 0 Å². The lowest BCUT2D eigenvalue weighted by molar-refractivity contribution is 0.483. The Balaban J connectivity index is 1.60. The van der Waals surface area contributed by atoms with Crippen LogP contribution < -0.4 is 5.32 Å². The smallest absolute Gasteiger partial charge is 0.194 e. The standard InChI is InChI=1S/C15H24N8/c1-11-19-20-14(22(11)4)8-17-15(16-2)23-6-5-12(10-23)13-7-18-21(3)9-13/h7,9,12H,5-6,8,10H2,1-4H3,(H,16,17). The van der Waals surface area contributed by atoms with Crippen LogP contribution in [0, 0.1) is 6.92 Å². The van der Waals surface area contributed by atoms with Gasteiger partial charge in [0.1, 0.15) is 5.82 Å². The van der Waals surface area contributed by atoms with E-state index in [-0.39, 0.29) is 0 Å². The predicted octanol–water partition coefficient (Wildman–Crippen LogP) is 0.422. The Bertz CT molecular complexity index is 698. The lowest BCUT2D eigenvalue weighted by Crippen LogP contribution is -2.40. The molecule has 0 amide bonds. The van der Waals surface area contributed by atoms with Crippen LogP contribution in [0.5, 0.6) is 0 Å². The summed E-state index contributed by atoms with van der Waals surface area (Å²) in [5, 5.41) is 15.9. The number of aryl methyl sites for hydroxylation is 2. The van der Waals surface area contributed by atoms with Crippen molar-refractivity contribution in [3.8, 4) is 0 Å². The summed E-state index contributed by atoms with van der Waals surface area (Å²) in [5.41, 5.74) is 1.30. The van der Waals surface area contributed by atoms with Crippen LogP contribution in [0.3, 0.4) is 0 Å². The Kier molecular flexibility index (Phi) is 4.31. The van der Waals surface area contributed by atoms with Crippen molar-refractivity contribution in [3.63, 3.8) is 0 Å². The van der Waals surface area contributed by atoms with E-state index in [1.807, 2.05) is 43.5 Å². The molecule has 1 aliphatic heterocycles. The van der Waals surface area contributed by atoms with Crippen LogP contribution in [-0.4, -0.2) is 55.5 Å². The van der Waals surface area contributed by atoms with Gasteiger partial charge in [0.25, 0.3) is 0 Å². The maximum atomic E-state index is 4.41. The summed E-state index contributed by atoms with van der Waals surface area (Å²) in [5.74, 6) is 3.25. The number of nitrogens with zero attached hydrogens (tertiary/aromatic N) is 7. The number of likely N-dealkylation sites (tertiary alicyclic amines) is 1. The molecule has 124 valence electrons. The monoisotopic (exact) mass is 316 g/mol. The molecule has 1 N–H and O–H groups in total. The average Bonchev–Trinajstić information content (AvgIpc) is 3.24. The second-order valence-electron chi connectivity index (χ2n) is 6.00. The van der Waals surface area contributed by atoms with E-state index in [1.54, 1.807) is 0 Å². The van der Waals surface area contributed by atoms with Crippen LogP contribution in [0.2, 0.25) is 0 Å². The lowest BCUT2D eigenvalue weighted by atomic mass is 10.0. The van der Waals surface area contributed by atoms with Crippen molar-refractivity contribution in [1.82, 2.24) is 34.8 Å². The molecule has 1 unspecified atom stereocenters. The SMILES string of the molecule is CN=C(NCc1nnc(C)n1C)N1CCC(c2cnn(C)c2)C1. The Hall–Kier alpha value is -2.38. The maximum absolute atomic E-state index is 4.41. The third-order valence-electron chi connectivity index (χ3n) is 4.48. The van der Waals surface area contributed by atoms with Crippen molar-refractivity contribution in [3.05, 3.63) is 29.6 Å². The van der Waals surface area contributed by atoms with Crippen molar-refractivity contribution in [1.29, 1.82) is 0 Å². The molecule has 2 aromatic heterocycles. The Labute approximate surface area is 136 Å². The van der Waals surface area contributed by atoms with E-state index in [2.05, 4.69) is 36.7 Å². The van der Waals surface area contributed by atoms with E-state index in [0.717, 1.165) is 37.1 Å². The van der Waals surface area contributed by atoms with Gasteiger partial charge in [-0.15, -0.1) is 10.2 Å². The molecule has 23 heavy (non-hydrogen) atoms. The van der Waals surface area contributed by atoms with Gasteiger partial charge in [0.2, 0.25) is 0 Å². The lowest BCUT2D eigenvalue weighted by Gasteiger charge is -2.21. The average molecular weight is 316 g/mol. The fourth-order valence-electron chi connectivity index (χ4n) is 2.97. The highest BCUT2D eigenvalue weighted by Crippen LogP contribution is 2.26. The highest BCUT2D eigenvalue weighted by molar-refractivity contribution is 5.80. The summed E-state index contributed by atoms with van der Waals surface area (Å²) in [7, 11) is 5.75. The Morgan fingerprint density at radius 1 is 1.39 bits per heavy atom. The molecular formula is C15H24N8. The zero-order chi connectivity index (χ0) is 16.4. The molecule has 0 spiro atoms. The molecule has 3 rings (SSSR count).